The largest absolute Gasteiger partial charge is 0.474 e. The van der Waals surface area contributed by atoms with Gasteiger partial charge >= 0.3 is 12.2 Å². The quantitative estimate of drug-likeness (QED) is 0.339. The lowest BCUT2D eigenvalue weighted by molar-refractivity contribution is -0.126. The maximum Gasteiger partial charge on any atom is 0.474 e. The highest BCUT2D eigenvalue weighted by Gasteiger charge is 2.49. The van der Waals surface area contributed by atoms with Gasteiger partial charge in [0.1, 0.15) is 0 Å². The Balaban J connectivity index is 4.42. The van der Waals surface area contributed by atoms with E-state index < -0.39 is 18.2 Å². The number of hydrogen-bond acceptors (Lipinski definition) is 1. The van der Waals surface area contributed by atoms with Crippen LogP contribution in [-0.4, -0.2) is 18.2 Å². The van der Waals surface area contributed by atoms with Crippen molar-refractivity contribution in [1.29, 1.82) is 5.41 Å². The van der Waals surface area contributed by atoms with E-state index in [0.717, 1.165) is 0 Å². The second-order valence-electron chi connectivity index (χ2n) is 1.42. The van der Waals surface area contributed by atoms with E-state index in [0.29, 0.717) is 0 Å². The third kappa shape index (κ3) is 2.01. The molecule has 0 radical (unpaired) electrons. The second kappa shape index (κ2) is 2.64. The van der Waals surface area contributed by atoms with Crippen LogP contribution in [0.25, 0.3) is 4.85 Å². The van der Waals surface area contributed by atoms with Gasteiger partial charge in [0.05, 0.1) is 0 Å². The molecule has 6 heteroatoms. The van der Waals surface area contributed by atoms with Gasteiger partial charge in [-0.3, -0.25) is 10.3 Å². The van der Waals surface area contributed by atoms with Gasteiger partial charge in [0.25, 0.3) is 5.97 Å². The van der Waals surface area contributed by atoms with E-state index in [9.17, 15) is 17.6 Å². The van der Waals surface area contributed by atoms with Crippen molar-refractivity contribution < 1.29 is 17.6 Å². The Morgan fingerprint density at radius 1 is 1.50 bits per heavy atom. The molecule has 0 fully saturated rings. The molecule has 0 aromatic rings. The van der Waals surface area contributed by atoms with Gasteiger partial charge in [-0.1, -0.05) is 0 Å². The average Bonchev–Trinajstić information content (AvgIpc) is 1.60. The SMILES string of the molecule is [C-]#[N+]C(C(=N)F)C(F)(F)F. The Morgan fingerprint density at radius 3 is 1.90 bits per heavy atom. The molecule has 0 saturated heterocycles. The van der Waals surface area contributed by atoms with E-state index in [1.165, 1.54) is 0 Å². The van der Waals surface area contributed by atoms with E-state index in [1.54, 1.807) is 0 Å². The molecule has 0 aromatic heterocycles. The van der Waals surface area contributed by atoms with E-state index >= 15 is 0 Å². The summed E-state index contributed by atoms with van der Waals surface area (Å²) >= 11 is 0. The first-order valence-electron chi connectivity index (χ1n) is 2.07. The Labute approximate surface area is 53.8 Å². The first-order valence-corrected chi connectivity index (χ1v) is 2.07. The molecule has 0 amide bonds. The van der Waals surface area contributed by atoms with Crippen LogP contribution in [0.15, 0.2) is 0 Å². The summed E-state index contributed by atoms with van der Waals surface area (Å²) in [5.41, 5.74) is 0. The predicted octanol–water partition coefficient (Wildman–Crippen LogP) is 1.78. The molecule has 0 aromatic carbocycles. The van der Waals surface area contributed by atoms with Gasteiger partial charge in [0.2, 0.25) is 0 Å². The molecule has 0 heterocycles. The lowest BCUT2D eigenvalue weighted by Gasteiger charge is -2.03. The maximum atomic E-state index is 11.5. The molecular weight excluding hydrogens is 152 g/mol. The fourth-order valence-electron chi connectivity index (χ4n) is 0.274. The molecule has 0 spiro atoms. The van der Waals surface area contributed by atoms with Gasteiger partial charge in [0.15, 0.2) is 0 Å². The first kappa shape index (κ1) is 8.88. The van der Waals surface area contributed by atoms with Gasteiger partial charge < -0.3 is 0 Å². The van der Waals surface area contributed by atoms with E-state index in [2.05, 4.69) is 0 Å². The molecule has 0 aliphatic heterocycles. The summed E-state index contributed by atoms with van der Waals surface area (Å²) in [4.78, 5) is 1.88. The molecule has 0 bridgehead atoms. The minimum Gasteiger partial charge on any atom is -0.294 e. The highest BCUT2D eigenvalue weighted by atomic mass is 19.4. The highest BCUT2D eigenvalue weighted by Crippen LogP contribution is 2.23. The summed E-state index contributed by atoms with van der Waals surface area (Å²) in [5.74, 6) is -2.16. The average molecular weight is 154 g/mol. The lowest BCUT2D eigenvalue weighted by Crippen LogP contribution is -2.30. The molecule has 2 nitrogen and oxygen atoms in total. The minimum atomic E-state index is -4.96. The monoisotopic (exact) mass is 154 g/mol. The summed E-state index contributed by atoms with van der Waals surface area (Å²) in [6, 6.07) is -2.92. The Hall–Kier alpha value is -1.12. The molecule has 0 aliphatic carbocycles. The number of alkyl halides is 3. The summed E-state index contributed by atoms with van der Waals surface area (Å²) in [6.45, 7) is 5.87. The van der Waals surface area contributed by atoms with E-state index in [-0.39, 0.29) is 0 Å². The Bertz CT molecular complexity index is 177. The zero-order valence-corrected chi connectivity index (χ0v) is 4.54. The second-order valence-corrected chi connectivity index (χ2v) is 1.42. The fourth-order valence-corrected chi connectivity index (χ4v) is 0.274. The number of rotatable bonds is 1. The van der Waals surface area contributed by atoms with Crippen LogP contribution >= 0.6 is 0 Å². The van der Waals surface area contributed by atoms with Gasteiger partial charge in [-0.2, -0.15) is 17.6 Å². The summed E-state index contributed by atoms with van der Waals surface area (Å²) in [5, 5.41) is 5.91. The van der Waals surface area contributed by atoms with Crippen LogP contribution in [0.5, 0.6) is 0 Å². The molecule has 1 N–H and O–H groups in total. The van der Waals surface area contributed by atoms with Gasteiger partial charge in [-0.05, 0) is 0 Å². The standard InChI is InChI=1S/C4H2F4N2/c1-10-2(3(5)9)4(6,7)8/h2,9H. The van der Waals surface area contributed by atoms with Crippen molar-refractivity contribution in [3.63, 3.8) is 0 Å². The van der Waals surface area contributed by atoms with Crippen LogP contribution in [0, 0.1) is 12.0 Å². The van der Waals surface area contributed by atoms with Crippen molar-refractivity contribution in [1.82, 2.24) is 0 Å². The highest BCUT2D eigenvalue weighted by molar-refractivity contribution is 5.80. The van der Waals surface area contributed by atoms with Crippen molar-refractivity contribution in [2.24, 2.45) is 0 Å². The number of nitrogens with zero attached hydrogens (tertiary/aromatic N) is 1. The predicted molar refractivity (Wildman–Crippen MR) is 25.3 cm³/mol. The third-order valence-electron chi connectivity index (χ3n) is 0.679. The Kier molecular flexibility index (Phi) is 2.35. The normalized spacial score (nSPS) is 13.9. The molecule has 56 valence electrons. The molecule has 10 heavy (non-hydrogen) atoms. The van der Waals surface area contributed by atoms with Crippen molar-refractivity contribution in [3.05, 3.63) is 11.4 Å². The minimum absolute atomic E-state index is 1.88. The third-order valence-corrected chi connectivity index (χ3v) is 0.679. The van der Waals surface area contributed by atoms with Crippen LogP contribution < -0.4 is 0 Å². The smallest absolute Gasteiger partial charge is 0.294 e. The van der Waals surface area contributed by atoms with Crippen molar-refractivity contribution in [3.8, 4) is 0 Å². The van der Waals surface area contributed by atoms with Gasteiger partial charge in [-0.25, -0.2) is 6.57 Å². The molecule has 1 atom stereocenters. The van der Waals surface area contributed by atoms with Crippen molar-refractivity contribution in [2.45, 2.75) is 12.2 Å². The number of nitrogens with one attached hydrogen (secondary N) is 1. The van der Waals surface area contributed by atoms with E-state index in [4.69, 9.17) is 12.0 Å². The summed E-state index contributed by atoms with van der Waals surface area (Å²) in [6.07, 6.45) is -4.96. The topological polar surface area (TPSA) is 28.2 Å². The number of hydrogen-bond donors (Lipinski definition) is 1. The molecule has 0 rings (SSSR count). The van der Waals surface area contributed by atoms with Gasteiger partial charge in [0, 0.05) is 0 Å². The number of halogens is 4. The van der Waals surface area contributed by atoms with Crippen molar-refractivity contribution >= 4 is 5.97 Å². The van der Waals surface area contributed by atoms with Crippen LogP contribution in [0.3, 0.4) is 0 Å². The zero-order chi connectivity index (χ0) is 8.36. The first-order chi connectivity index (χ1) is 4.39. The summed E-state index contributed by atoms with van der Waals surface area (Å²) in [7, 11) is 0. The van der Waals surface area contributed by atoms with E-state index in [1.807, 2.05) is 4.85 Å². The fraction of sp³-hybridized carbons (Fsp3) is 0.500. The van der Waals surface area contributed by atoms with Crippen LogP contribution in [0.1, 0.15) is 0 Å². The van der Waals surface area contributed by atoms with Gasteiger partial charge in [-0.15, -0.1) is 0 Å². The van der Waals surface area contributed by atoms with Crippen molar-refractivity contribution in [2.75, 3.05) is 0 Å². The zero-order valence-electron chi connectivity index (χ0n) is 4.54. The Morgan fingerprint density at radius 2 is 1.90 bits per heavy atom. The van der Waals surface area contributed by atoms with Crippen LogP contribution in [0.4, 0.5) is 17.6 Å². The lowest BCUT2D eigenvalue weighted by atomic mass is 10.3. The van der Waals surface area contributed by atoms with Crippen LogP contribution in [-0.2, 0) is 0 Å². The van der Waals surface area contributed by atoms with Crippen LogP contribution in [0.2, 0.25) is 0 Å². The maximum absolute atomic E-state index is 11.5. The molecule has 1 unspecified atom stereocenters. The molecule has 0 saturated carbocycles. The summed E-state index contributed by atoms with van der Waals surface area (Å²) < 4.78 is 45.6. The molecular formula is C4H2F4N2. The molecule has 0 aliphatic rings.